The Balaban J connectivity index is 1.39. The van der Waals surface area contributed by atoms with Crippen molar-refractivity contribution in [3.63, 3.8) is 0 Å². The van der Waals surface area contributed by atoms with E-state index in [1.807, 2.05) is 48.5 Å². The molecule has 0 radical (unpaired) electrons. The minimum atomic E-state index is -0.463. The normalized spacial score (nSPS) is 11.0. The van der Waals surface area contributed by atoms with Gasteiger partial charge in [-0.25, -0.2) is 5.43 Å². The SMILES string of the molecule is O=C(N/N=C\c1cc(Br)ccc1O)c1cc(-c2cccc(OCc3ccc(Cl)cc3)c2)n[nH]1. The molecule has 4 aromatic rings. The van der Waals surface area contributed by atoms with E-state index in [0.717, 1.165) is 15.6 Å². The van der Waals surface area contributed by atoms with Gasteiger partial charge in [-0.15, -0.1) is 0 Å². The first kappa shape index (κ1) is 22.6. The van der Waals surface area contributed by atoms with Crippen LogP contribution in [0.2, 0.25) is 5.02 Å². The largest absolute Gasteiger partial charge is 0.507 e. The van der Waals surface area contributed by atoms with Crippen LogP contribution in [-0.2, 0) is 6.61 Å². The number of aromatic nitrogens is 2. The molecule has 166 valence electrons. The van der Waals surface area contributed by atoms with Crippen molar-refractivity contribution >= 4 is 39.7 Å². The molecule has 7 nitrogen and oxygen atoms in total. The highest BCUT2D eigenvalue weighted by atomic mass is 79.9. The zero-order valence-electron chi connectivity index (χ0n) is 17.1. The van der Waals surface area contributed by atoms with Crippen molar-refractivity contribution in [3.8, 4) is 22.8 Å². The van der Waals surface area contributed by atoms with Gasteiger partial charge in [0.2, 0.25) is 0 Å². The molecule has 0 fully saturated rings. The quantitative estimate of drug-likeness (QED) is 0.218. The molecule has 0 atom stereocenters. The number of benzene rings is 3. The van der Waals surface area contributed by atoms with E-state index in [1.165, 1.54) is 12.3 Å². The van der Waals surface area contributed by atoms with E-state index in [0.29, 0.717) is 28.6 Å². The maximum Gasteiger partial charge on any atom is 0.289 e. The fraction of sp³-hybridized carbons (Fsp3) is 0.0417. The van der Waals surface area contributed by atoms with Crippen LogP contribution < -0.4 is 10.2 Å². The lowest BCUT2D eigenvalue weighted by molar-refractivity contribution is 0.0950. The number of ether oxygens (including phenoxy) is 1. The molecule has 1 aromatic heterocycles. The summed E-state index contributed by atoms with van der Waals surface area (Å²) in [6.45, 7) is 0.403. The number of amides is 1. The number of carbonyl (C=O) groups excluding carboxylic acids is 1. The Morgan fingerprint density at radius 2 is 1.97 bits per heavy atom. The van der Waals surface area contributed by atoms with Gasteiger partial charge in [0, 0.05) is 20.6 Å². The van der Waals surface area contributed by atoms with Gasteiger partial charge in [-0.3, -0.25) is 9.89 Å². The number of nitrogens with zero attached hydrogens (tertiary/aromatic N) is 2. The van der Waals surface area contributed by atoms with Crippen LogP contribution in [0.25, 0.3) is 11.3 Å². The first-order chi connectivity index (χ1) is 16.0. The van der Waals surface area contributed by atoms with Crippen molar-refractivity contribution in [2.24, 2.45) is 5.10 Å². The number of phenols is 1. The molecule has 0 bridgehead atoms. The summed E-state index contributed by atoms with van der Waals surface area (Å²) in [4.78, 5) is 12.4. The zero-order chi connectivity index (χ0) is 23.2. The topological polar surface area (TPSA) is 99.6 Å². The third-order valence-corrected chi connectivity index (χ3v) is 5.38. The third kappa shape index (κ3) is 6.00. The number of hydrogen-bond acceptors (Lipinski definition) is 5. The second-order valence-corrected chi connectivity index (χ2v) is 8.36. The van der Waals surface area contributed by atoms with Gasteiger partial charge in [0.25, 0.3) is 5.91 Å². The number of phenolic OH excluding ortho intramolecular Hbond substituents is 1. The zero-order valence-corrected chi connectivity index (χ0v) is 19.5. The second-order valence-electron chi connectivity index (χ2n) is 7.01. The third-order valence-electron chi connectivity index (χ3n) is 4.63. The van der Waals surface area contributed by atoms with Crippen molar-refractivity contribution < 1.29 is 14.6 Å². The summed E-state index contributed by atoms with van der Waals surface area (Å²) in [5, 5.41) is 21.3. The van der Waals surface area contributed by atoms with Gasteiger partial charge in [0.1, 0.15) is 23.8 Å². The van der Waals surface area contributed by atoms with Crippen LogP contribution in [0.5, 0.6) is 11.5 Å². The molecule has 1 heterocycles. The molecular weight excluding hydrogens is 508 g/mol. The van der Waals surface area contributed by atoms with Crippen LogP contribution in [0.1, 0.15) is 21.6 Å². The van der Waals surface area contributed by atoms with E-state index >= 15 is 0 Å². The number of aromatic amines is 1. The summed E-state index contributed by atoms with van der Waals surface area (Å²) in [5.74, 6) is 0.266. The van der Waals surface area contributed by atoms with Crippen molar-refractivity contribution in [2.45, 2.75) is 6.61 Å². The van der Waals surface area contributed by atoms with Gasteiger partial charge >= 0.3 is 0 Å². The van der Waals surface area contributed by atoms with Crippen molar-refractivity contribution in [2.75, 3.05) is 0 Å². The maximum atomic E-state index is 12.4. The second kappa shape index (κ2) is 10.3. The monoisotopic (exact) mass is 524 g/mol. The summed E-state index contributed by atoms with van der Waals surface area (Å²) < 4.78 is 6.64. The fourth-order valence-corrected chi connectivity index (χ4v) is 3.43. The molecule has 4 rings (SSSR count). The average Bonchev–Trinajstić information content (AvgIpc) is 3.32. The number of nitrogens with one attached hydrogen (secondary N) is 2. The van der Waals surface area contributed by atoms with E-state index in [-0.39, 0.29) is 11.4 Å². The molecule has 9 heteroatoms. The molecule has 1 amide bonds. The molecular formula is C24H18BrClN4O3. The van der Waals surface area contributed by atoms with Gasteiger partial charge in [-0.2, -0.15) is 10.2 Å². The number of hydrazone groups is 1. The lowest BCUT2D eigenvalue weighted by Gasteiger charge is -2.07. The Morgan fingerprint density at radius 3 is 2.79 bits per heavy atom. The fourth-order valence-electron chi connectivity index (χ4n) is 2.93. The molecule has 33 heavy (non-hydrogen) atoms. The Kier molecular flexibility index (Phi) is 7.07. The van der Waals surface area contributed by atoms with Crippen LogP contribution >= 0.6 is 27.5 Å². The van der Waals surface area contributed by atoms with E-state index in [9.17, 15) is 9.90 Å². The Morgan fingerprint density at radius 1 is 1.15 bits per heavy atom. The van der Waals surface area contributed by atoms with Gasteiger partial charge in [-0.1, -0.05) is 51.8 Å². The number of H-pyrrole nitrogens is 1. The average molecular weight is 526 g/mol. The number of carbonyl (C=O) groups is 1. The van der Waals surface area contributed by atoms with Crippen molar-refractivity contribution in [1.29, 1.82) is 0 Å². The Hall–Kier alpha value is -3.62. The predicted octanol–water partition coefficient (Wildman–Crippen LogP) is 5.54. The number of halogens is 2. The van der Waals surface area contributed by atoms with Crippen LogP contribution in [0.15, 0.2) is 82.4 Å². The lowest BCUT2D eigenvalue weighted by Crippen LogP contribution is -2.18. The first-order valence-corrected chi connectivity index (χ1v) is 11.0. The van der Waals surface area contributed by atoms with E-state index in [2.05, 4.69) is 36.7 Å². The van der Waals surface area contributed by atoms with Crippen LogP contribution in [-0.4, -0.2) is 27.4 Å². The highest BCUT2D eigenvalue weighted by molar-refractivity contribution is 9.10. The van der Waals surface area contributed by atoms with E-state index in [1.54, 1.807) is 18.2 Å². The number of aromatic hydroxyl groups is 1. The smallest absolute Gasteiger partial charge is 0.289 e. The molecule has 0 saturated heterocycles. The van der Waals surface area contributed by atoms with E-state index in [4.69, 9.17) is 16.3 Å². The molecule has 3 aromatic carbocycles. The summed E-state index contributed by atoms with van der Waals surface area (Å²) in [6.07, 6.45) is 1.36. The molecule has 3 N–H and O–H groups in total. The summed E-state index contributed by atoms with van der Waals surface area (Å²) in [5.41, 5.74) is 5.50. The highest BCUT2D eigenvalue weighted by Gasteiger charge is 2.11. The molecule has 0 aliphatic heterocycles. The van der Waals surface area contributed by atoms with Gasteiger partial charge in [0.15, 0.2) is 0 Å². The van der Waals surface area contributed by atoms with Crippen molar-refractivity contribution in [3.05, 3.63) is 99.1 Å². The molecule has 0 aliphatic rings. The Labute approximate surface area is 203 Å². The first-order valence-electron chi connectivity index (χ1n) is 9.83. The van der Waals surface area contributed by atoms with Crippen molar-refractivity contribution in [1.82, 2.24) is 15.6 Å². The number of hydrogen-bond donors (Lipinski definition) is 3. The van der Waals surface area contributed by atoms with Gasteiger partial charge in [0.05, 0.1) is 11.9 Å². The Bertz CT molecular complexity index is 1310. The molecule has 0 spiro atoms. The highest BCUT2D eigenvalue weighted by Crippen LogP contribution is 2.24. The molecule has 0 unspecified atom stereocenters. The van der Waals surface area contributed by atoms with Crippen LogP contribution in [0.3, 0.4) is 0 Å². The minimum absolute atomic E-state index is 0.0539. The minimum Gasteiger partial charge on any atom is -0.507 e. The summed E-state index contributed by atoms with van der Waals surface area (Å²) in [6, 6.07) is 21.4. The summed E-state index contributed by atoms with van der Waals surface area (Å²) >= 11 is 9.23. The van der Waals surface area contributed by atoms with E-state index < -0.39 is 5.91 Å². The summed E-state index contributed by atoms with van der Waals surface area (Å²) in [7, 11) is 0. The molecule has 0 aliphatic carbocycles. The standard InChI is InChI=1S/C24H18BrClN4O3/c25-18-6-9-23(31)17(10-18)13-27-30-24(32)22-12-21(28-29-22)16-2-1-3-20(11-16)33-14-15-4-7-19(26)8-5-15/h1-13,31H,14H2,(H,28,29)(H,30,32)/b27-13-. The lowest BCUT2D eigenvalue weighted by atomic mass is 10.1. The van der Waals surface area contributed by atoms with Crippen LogP contribution in [0, 0.1) is 0 Å². The number of rotatable bonds is 7. The predicted molar refractivity (Wildman–Crippen MR) is 131 cm³/mol. The van der Waals surface area contributed by atoms with Gasteiger partial charge < -0.3 is 9.84 Å². The maximum absolute atomic E-state index is 12.4. The van der Waals surface area contributed by atoms with Crippen LogP contribution in [0.4, 0.5) is 0 Å². The molecule has 0 saturated carbocycles. The van der Waals surface area contributed by atoms with Gasteiger partial charge in [-0.05, 0) is 54.1 Å².